The van der Waals surface area contributed by atoms with Crippen LogP contribution in [0, 0.1) is 6.92 Å². The number of rotatable bonds is 3. The summed E-state index contributed by atoms with van der Waals surface area (Å²) in [4.78, 5) is 0. The molecule has 4 aromatic rings. The first-order chi connectivity index (χ1) is 14.6. The van der Waals surface area contributed by atoms with E-state index in [0.29, 0.717) is 0 Å². The fourth-order valence-corrected chi connectivity index (χ4v) is 4.17. The van der Waals surface area contributed by atoms with Crippen LogP contribution in [0.4, 0.5) is 0 Å². The number of hydrogen-bond acceptors (Lipinski definition) is 2. The van der Waals surface area contributed by atoms with Crippen LogP contribution in [0.5, 0.6) is 0 Å². The Morgan fingerprint density at radius 3 is 2.27 bits per heavy atom. The van der Waals surface area contributed by atoms with Gasteiger partial charge in [0, 0.05) is 26.6 Å². The molecule has 0 amide bonds. The topological polar surface area (TPSA) is 26.3 Å². The summed E-state index contributed by atoms with van der Waals surface area (Å²) in [5.41, 5.74) is 4.85. The molecule has 0 N–H and O–H groups in total. The van der Waals surface area contributed by atoms with Crippen LogP contribution in [-0.2, 0) is 0 Å². The third-order valence-corrected chi connectivity index (χ3v) is 5.25. The maximum atomic E-state index is 6.36. The Hall–Kier alpha value is -3.00. The zero-order valence-electron chi connectivity index (χ0n) is 19.1. The van der Waals surface area contributed by atoms with Crippen molar-refractivity contribution in [2.75, 3.05) is 0 Å². The number of furan rings is 2. The molecule has 0 aliphatic heterocycles. The Morgan fingerprint density at radius 2 is 1.63 bits per heavy atom. The molecule has 156 valence electrons. The Labute approximate surface area is 178 Å². The van der Waals surface area contributed by atoms with Crippen molar-refractivity contribution in [3.8, 4) is 0 Å². The number of fused-ring (bicyclic) bond motifs is 5. The van der Waals surface area contributed by atoms with Crippen molar-refractivity contribution in [2.45, 2.75) is 54.4 Å². The normalized spacial score (nSPS) is 14.2. The first-order valence-electron chi connectivity index (χ1n) is 11.0. The van der Waals surface area contributed by atoms with Crippen molar-refractivity contribution >= 4 is 57.0 Å². The largest absolute Gasteiger partial charge is 0.456 e. The average molecular weight is 401 g/mol. The Bertz CT molecular complexity index is 1460. The monoisotopic (exact) mass is 400 g/mol. The average Bonchev–Trinajstić information content (AvgIpc) is 3.30. The molecule has 0 saturated carbocycles. The quantitative estimate of drug-likeness (QED) is 0.433. The summed E-state index contributed by atoms with van der Waals surface area (Å²) < 4.78 is 12.5. The van der Waals surface area contributed by atoms with Crippen molar-refractivity contribution in [3.05, 3.63) is 57.7 Å². The summed E-state index contributed by atoms with van der Waals surface area (Å²) in [5, 5.41) is 6.98. The van der Waals surface area contributed by atoms with Crippen molar-refractivity contribution < 1.29 is 8.83 Å². The summed E-state index contributed by atoms with van der Waals surface area (Å²) in [6, 6.07) is 6.43. The molecule has 2 aromatic heterocycles. The molecular weight excluding hydrogens is 368 g/mol. The van der Waals surface area contributed by atoms with Gasteiger partial charge < -0.3 is 8.83 Å². The molecule has 0 aliphatic carbocycles. The van der Waals surface area contributed by atoms with E-state index in [-0.39, 0.29) is 0 Å². The van der Waals surface area contributed by atoms with Crippen molar-refractivity contribution in [3.63, 3.8) is 0 Å². The van der Waals surface area contributed by atoms with Crippen LogP contribution in [0.1, 0.15) is 53.0 Å². The Balaban J connectivity index is 0.00000124. The van der Waals surface area contributed by atoms with Crippen molar-refractivity contribution in [1.29, 1.82) is 0 Å². The van der Waals surface area contributed by atoms with Crippen LogP contribution in [0.3, 0.4) is 0 Å². The number of hydrogen-bond donors (Lipinski definition) is 0. The molecule has 0 bridgehead atoms. The molecule has 0 unspecified atom stereocenters. The van der Waals surface area contributed by atoms with Crippen LogP contribution in [-0.4, -0.2) is 0 Å². The van der Waals surface area contributed by atoms with E-state index in [1.54, 1.807) is 0 Å². The summed E-state index contributed by atoms with van der Waals surface area (Å²) >= 11 is 0. The zero-order chi connectivity index (χ0) is 21.8. The van der Waals surface area contributed by atoms with Gasteiger partial charge in [-0.2, -0.15) is 0 Å². The predicted octanol–water partition coefficient (Wildman–Crippen LogP) is 5.81. The molecule has 0 fully saturated rings. The predicted molar refractivity (Wildman–Crippen MR) is 132 cm³/mol. The van der Waals surface area contributed by atoms with Gasteiger partial charge in [0.1, 0.15) is 22.0 Å². The number of allylic oxidation sites excluding steroid dienone is 1. The van der Waals surface area contributed by atoms with Gasteiger partial charge in [-0.3, -0.25) is 0 Å². The molecule has 0 spiro atoms. The standard InChI is InChI=1S/C26H26O2.C2H6/c1-6-10-18-20(9-4)27-22-14-13-17-15-16(5)26-25(23(17)24(18)22)19(11-7-2)21(28-26)12-8-3;1-2/h6,9-15H,1,7-8H2,2-5H3;1-2H3/b18-10+,19-11+,20-9+,21-12+;. The maximum absolute atomic E-state index is 6.36. The van der Waals surface area contributed by atoms with E-state index < -0.39 is 0 Å². The van der Waals surface area contributed by atoms with E-state index in [2.05, 4.69) is 57.7 Å². The lowest BCUT2D eigenvalue weighted by Crippen LogP contribution is -2.21. The van der Waals surface area contributed by atoms with Crippen LogP contribution in [0.2, 0.25) is 0 Å². The van der Waals surface area contributed by atoms with Gasteiger partial charge in [0.05, 0.1) is 0 Å². The third-order valence-electron chi connectivity index (χ3n) is 5.25. The molecule has 4 rings (SSSR count). The van der Waals surface area contributed by atoms with E-state index in [1.165, 1.54) is 21.4 Å². The molecule has 2 heterocycles. The minimum absolute atomic E-state index is 0.876. The zero-order valence-corrected chi connectivity index (χ0v) is 19.1. The van der Waals surface area contributed by atoms with Crippen LogP contribution < -0.4 is 21.3 Å². The second-order valence-corrected chi connectivity index (χ2v) is 7.11. The summed E-state index contributed by atoms with van der Waals surface area (Å²) in [7, 11) is 0. The second kappa shape index (κ2) is 9.21. The molecule has 0 radical (unpaired) electrons. The molecule has 30 heavy (non-hydrogen) atoms. The van der Waals surface area contributed by atoms with E-state index in [4.69, 9.17) is 8.83 Å². The highest BCUT2D eigenvalue weighted by molar-refractivity contribution is 6.19. The Kier molecular flexibility index (Phi) is 6.66. The van der Waals surface area contributed by atoms with Crippen LogP contribution in [0.15, 0.2) is 39.7 Å². The SMILES string of the molecule is C=C/C=c1\c(=C/C)oc2ccc3cc(C)c4oc(=C/CC)/c(=C\CC)c4c3c12.CC. The van der Waals surface area contributed by atoms with Gasteiger partial charge in [0.2, 0.25) is 0 Å². The first kappa shape index (κ1) is 21.7. The molecule has 0 atom stereocenters. The highest BCUT2D eigenvalue weighted by atomic mass is 16.3. The van der Waals surface area contributed by atoms with Gasteiger partial charge in [-0.25, -0.2) is 0 Å². The number of benzene rings is 2. The summed E-state index contributed by atoms with van der Waals surface area (Å²) in [5.74, 6) is 0. The molecule has 2 nitrogen and oxygen atoms in total. The Morgan fingerprint density at radius 1 is 0.900 bits per heavy atom. The van der Waals surface area contributed by atoms with Gasteiger partial charge >= 0.3 is 0 Å². The summed E-state index contributed by atoms with van der Waals surface area (Å²) in [6.45, 7) is 16.3. The van der Waals surface area contributed by atoms with E-state index in [9.17, 15) is 0 Å². The van der Waals surface area contributed by atoms with E-state index >= 15 is 0 Å². The lowest BCUT2D eigenvalue weighted by molar-refractivity contribution is 0.571. The maximum Gasteiger partial charge on any atom is 0.138 e. The highest BCUT2D eigenvalue weighted by Gasteiger charge is 2.16. The van der Waals surface area contributed by atoms with Gasteiger partial charge in [-0.15, -0.1) is 0 Å². The van der Waals surface area contributed by atoms with Crippen LogP contribution in [0.25, 0.3) is 57.0 Å². The second-order valence-electron chi connectivity index (χ2n) is 7.11. The lowest BCUT2D eigenvalue weighted by atomic mass is 9.98. The van der Waals surface area contributed by atoms with Crippen molar-refractivity contribution in [2.24, 2.45) is 0 Å². The van der Waals surface area contributed by atoms with Gasteiger partial charge in [0.15, 0.2) is 0 Å². The summed E-state index contributed by atoms with van der Waals surface area (Å²) in [6.07, 6.45) is 12.2. The van der Waals surface area contributed by atoms with E-state index in [0.717, 1.165) is 51.0 Å². The fraction of sp³-hybridized carbons (Fsp3) is 0.286. The highest BCUT2D eigenvalue weighted by Crippen LogP contribution is 2.30. The third kappa shape index (κ3) is 3.41. The molecule has 2 aromatic carbocycles. The molecule has 0 saturated heterocycles. The van der Waals surface area contributed by atoms with Gasteiger partial charge in [-0.05, 0) is 61.9 Å². The fourth-order valence-electron chi connectivity index (χ4n) is 4.17. The van der Waals surface area contributed by atoms with Crippen LogP contribution >= 0.6 is 0 Å². The number of aryl methyl sites for hydroxylation is 1. The van der Waals surface area contributed by atoms with Crippen molar-refractivity contribution in [1.82, 2.24) is 0 Å². The molecule has 2 heteroatoms. The minimum atomic E-state index is 0.876. The lowest BCUT2D eigenvalue weighted by Gasteiger charge is -2.04. The smallest absolute Gasteiger partial charge is 0.138 e. The van der Waals surface area contributed by atoms with E-state index in [1.807, 2.05) is 39.0 Å². The first-order valence-corrected chi connectivity index (χ1v) is 11.0. The molecule has 0 aliphatic rings. The van der Waals surface area contributed by atoms with Gasteiger partial charge in [-0.1, -0.05) is 58.6 Å². The van der Waals surface area contributed by atoms with Gasteiger partial charge in [0.25, 0.3) is 0 Å². The minimum Gasteiger partial charge on any atom is -0.456 e. The molecular formula is C28H32O2.